The van der Waals surface area contributed by atoms with Crippen LogP contribution in [0, 0.1) is 11.3 Å². The Kier molecular flexibility index (Phi) is 4.27. The fourth-order valence-electron chi connectivity index (χ4n) is 2.43. The third-order valence-electron chi connectivity index (χ3n) is 3.57. The summed E-state index contributed by atoms with van der Waals surface area (Å²) in [5.41, 5.74) is 2.34. The van der Waals surface area contributed by atoms with Gasteiger partial charge in [0.2, 0.25) is 0 Å². The lowest BCUT2D eigenvalue weighted by Crippen LogP contribution is -2.21. The Hall–Kier alpha value is -2.51. The highest BCUT2D eigenvalue weighted by Crippen LogP contribution is 2.40. The number of hydrogen-bond acceptors (Lipinski definition) is 3. The first kappa shape index (κ1) is 14.4. The molecule has 3 rings (SSSR count). The summed E-state index contributed by atoms with van der Waals surface area (Å²) in [6.07, 6.45) is 0. The largest absolute Gasteiger partial charge is 0.316 e. The molecule has 3 nitrogen and oxygen atoms in total. The predicted octanol–water partition coefficient (Wildman–Crippen LogP) is 3.68. The SMILES string of the molecule is N#CC1=C(NC(=O)c2ccccc2)SCC1c1ccccc1. The third kappa shape index (κ3) is 2.90. The van der Waals surface area contributed by atoms with E-state index in [-0.39, 0.29) is 11.8 Å². The fourth-order valence-corrected chi connectivity index (χ4v) is 3.63. The van der Waals surface area contributed by atoms with Crippen molar-refractivity contribution in [1.82, 2.24) is 5.32 Å². The second kappa shape index (κ2) is 6.50. The van der Waals surface area contributed by atoms with Crippen molar-refractivity contribution in [2.45, 2.75) is 5.92 Å². The Morgan fingerprint density at radius 1 is 1.09 bits per heavy atom. The van der Waals surface area contributed by atoms with Crippen LogP contribution in [0.15, 0.2) is 71.3 Å². The second-order valence-electron chi connectivity index (χ2n) is 4.95. The van der Waals surface area contributed by atoms with Gasteiger partial charge in [-0.05, 0) is 17.7 Å². The number of nitrogens with one attached hydrogen (secondary N) is 1. The van der Waals surface area contributed by atoms with Crippen molar-refractivity contribution in [1.29, 1.82) is 5.26 Å². The predicted molar refractivity (Wildman–Crippen MR) is 88.2 cm³/mol. The first-order valence-electron chi connectivity index (χ1n) is 6.98. The lowest BCUT2D eigenvalue weighted by Gasteiger charge is -2.09. The van der Waals surface area contributed by atoms with Crippen molar-refractivity contribution in [3.05, 3.63) is 82.4 Å². The minimum atomic E-state index is -0.176. The lowest BCUT2D eigenvalue weighted by atomic mass is 9.94. The molecule has 2 aromatic rings. The number of benzene rings is 2. The second-order valence-corrected chi connectivity index (χ2v) is 5.98. The van der Waals surface area contributed by atoms with E-state index in [0.717, 1.165) is 11.3 Å². The van der Waals surface area contributed by atoms with E-state index in [2.05, 4.69) is 11.4 Å². The van der Waals surface area contributed by atoms with E-state index in [1.165, 1.54) is 11.8 Å². The van der Waals surface area contributed by atoms with E-state index in [9.17, 15) is 10.1 Å². The molecule has 1 aliphatic rings. The Labute approximate surface area is 133 Å². The number of amides is 1. The van der Waals surface area contributed by atoms with Crippen molar-refractivity contribution < 1.29 is 4.79 Å². The number of carbonyl (C=O) groups excluding carboxylic acids is 1. The van der Waals surface area contributed by atoms with Crippen LogP contribution in [0.4, 0.5) is 0 Å². The molecule has 108 valence electrons. The molecule has 2 aromatic carbocycles. The Morgan fingerprint density at radius 2 is 1.73 bits per heavy atom. The first-order chi connectivity index (χ1) is 10.8. The normalized spacial score (nSPS) is 17.1. The Bertz CT molecular complexity index is 748. The highest BCUT2D eigenvalue weighted by molar-refractivity contribution is 8.03. The summed E-state index contributed by atoms with van der Waals surface area (Å²) in [6.45, 7) is 0. The topological polar surface area (TPSA) is 52.9 Å². The first-order valence-corrected chi connectivity index (χ1v) is 7.96. The standard InChI is InChI=1S/C18H14N2OS/c19-11-15-16(13-7-3-1-4-8-13)12-22-18(15)20-17(21)14-9-5-2-6-10-14/h1-10,16H,12H2,(H,20,21). The quantitative estimate of drug-likeness (QED) is 0.941. The van der Waals surface area contributed by atoms with Gasteiger partial charge < -0.3 is 5.32 Å². The van der Waals surface area contributed by atoms with Gasteiger partial charge in [0, 0.05) is 17.2 Å². The molecule has 1 amide bonds. The molecule has 0 fully saturated rings. The van der Waals surface area contributed by atoms with Crippen LogP contribution >= 0.6 is 11.8 Å². The molecule has 1 aliphatic heterocycles. The van der Waals surface area contributed by atoms with E-state index in [1.807, 2.05) is 48.5 Å². The summed E-state index contributed by atoms with van der Waals surface area (Å²) in [5.74, 6) is 0.643. The average Bonchev–Trinajstić information content (AvgIpc) is 2.99. The molecule has 0 bridgehead atoms. The molecule has 0 radical (unpaired) electrons. The zero-order chi connectivity index (χ0) is 15.4. The van der Waals surface area contributed by atoms with E-state index in [4.69, 9.17) is 0 Å². The van der Waals surface area contributed by atoms with Crippen LogP contribution < -0.4 is 5.32 Å². The van der Waals surface area contributed by atoms with Crippen molar-refractivity contribution in [2.75, 3.05) is 5.75 Å². The van der Waals surface area contributed by atoms with Crippen LogP contribution in [0.5, 0.6) is 0 Å². The van der Waals surface area contributed by atoms with Gasteiger partial charge in [0.1, 0.15) is 0 Å². The van der Waals surface area contributed by atoms with Crippen LogP contribution in [-0.4, -0.2) is 11.7 Å². The minimum absolute atomic E-state index is 0.0438. The van der Waals surface area contributed by atoms with Crippen molar-refractivity contribution in [2.24, 2.45) is 0 Å². The summed E-state index contributed by atoms with van der Waals surface area (Å²) in [5, 5.41) is 13.0. The van der Waals surface area contributed by atoms with Gasteiger partial charge in [-0.15, -0.1) is 11.8 Å². The molecule has 1 N–H and O–H groups in total. The van der Waals surface area contributed by atoms with Gasteiger partial charge in [-0.2, -0.15) is 5.26 Å². The molecule has 0 saturated heterocycles. The van der Waals surface area contributed by atoms with Gasteiger partial charge in [0.25, 0.3) is 5.91 Å². The maximum Gasteiger partial charge on any atom is 0.256 e. The molecule has 0 saturated carbocycles. The van der Waals surface area contributed by atoms with Gasteiger partial charge in [-0.3, -0.25) is 4.79 Å². The molecule has 0 aliphatic carbocycles. The molecule has 1 heterocycles. The summed E-state index contributed by atoms with van der Waals surface area (Å²) < 4.78 is 0. The van der Waals surface area contributed by atoms with Gasteiger partial charge >= 0.3 is 0 Å². The summed E-state index contributed by atoms with van der Waals surface area (Å²) >= 11 is 1.53. The molecular weight excluding hydrogens is 292 g/mol. The zero-order valence-electron chi connectivity index (χ0n) is 11.8. The van der Waals surface area contributed by atoms with E-state index < -0.39 is 0 Å². The van der Waals surface area contributed by atoms with Crippen LogP contribution in [0.3, 0.4) is 0 Å². The van der Waals surface area contributed by atoms with Gasteiger partial charge in [0.05, 0.1) is 16.7 Å². The number of carbonyl (C=O) groups is 1. The number of thioether (sulfide) groups is 1. The number of nitriles is 1. The van der Waals surface area contributed by atoms with E-state index in [0.29, 0.717) is 16.2 Å². The van der Waals surface area contributed by atoms with Crippen molar-refractivity contribution >= 4 is 17.7 Å². The average molecular weight is 306 g/mol. The monoisotopic (exact) mass is 306 g/mol. The highest BCUT2D eigenvalue weighted by Gasteiger charge is 2.28. The van der Waals surface area contributed by atoms with Gasteiger partial charge in [-0.25, -0.2) is 0 Å². The van der Waals surface area contributed by atoms with E-state index in [1.54, 1.807) is 12.1 Å². The number of allylic oxidation sites excluding steroid dienone is 1. The summed E-state index contributed by atoms with van der Waals surface area (Å²) in [4.78, 5) is 12.2. The van der Waals surface area contributed by atoms with E-state index >= 15 is 0 Å². The molecular formula is C18H14N2OS. The maximum atomic E-state index is 12.2. The lowest BCUT2D eigenvalue weighted by molar-refractivity contribution is 0.0968. The Morgan fingerprint density at radius 3 is 2.36 bits per heavy atom. The number of hydrogen-bond donors (Lipinski definition) is 1. The van der Waals surface area contributed by atoms with Crippen molar-refractivity contribution in [3.8, 4) is 6.07 Å². The van der Waals surface area contributed by atoms with Crippen LogP contribution in [-0.2, 0) is 0 Å². The number of nitrogens with zero attached hydrogens (tertiary/aromatic N) is 1. The van der Waals surface area contributed by atoms with Crippen LogP contribution in [0.25, 0.3) is 0 Å². The smallest absolute Gasteiger partial charge is 0.256 e. The summed E-state index contributed by atoms with van der Waals surface area (Å²) in [6, 6.07) is 21.2. The zero-order valence-corrected chi connectivity index (χ0v) is 12.6. The van der Waals surface area contributed by atoms with Gasteiger partial charge in [-0.1, -0.05) is 48.5 Å². The minimum Gasteiger partial charge on any atom is -0.316 e. The van der Waals surface area contributed by atoms with Gasteiger partial charge in [0.15, 0.2) is 0 Å². The van der Waals surface area contributed by atoms with Crippen LogP contribution in [0.2, 0.25) is 0 Å². The molecule has 22 heavy (non-hydrogen) atoms. The third-order valence-corrected chi connectivity index (χ3v) is 4.68. The fraction of sp³-hybridized carbons (Fsp3) is 0.111. The molecule has 4 heteroatoms. The van der Waals surface area contributed by atoms with Crippen molar-refractivity contribution in [3.63, 3.8) is 0 Å². The van der Waals surface area contributed by atoms with Crippen LogP contribution in [0.1, 0.15) is 21.8 Å². The molecule has 1 atom stereocenters. The Balaban J connectivity index is 1.84. The highest BCUT2D eigenvalue weighted by atomic mass is 32.2. The molecule has 0 aromatic heterocycles. The summed E-state index contributed by atoms with van der Waals surface area (Å²) in [7, 11) is 0. The molecule has 1 unspecified atom stereocenters. The molecule has 0 spiro atoms. The maximum absolute atomic E-state index is 12.2. The number of rotatable bonds is 3.